The number of anilines is 1. The lowest BCUT2D eigenvalue weighted by Crippen LogP contribution is -2.55. The number of alkyl halides is 3. The van der Waals surface area contributed by atoms with E-state index >= 15 is 0 Å². The van der Waals surface area contributed by atoms with Crippen molar-refractivity contribution in [3.05, 3.63) is 74.6 Å². The fraction of sp³-hybridized carbons (Fsp3) is 0.158. The van der Waals surface area contributed by atoms with Gasteiger partial charge in [-0.1, -0.05) is 35.9 Å². The number of nitrogens with zero attached hydrogens (tertiary/aromatic N) is 4. The van der Waals surface area contributed by atoms with E-state index in [1.165, 1.54) is 23.6 Å². The second-order valence-corrected chi connectivity index (χ2v) is 7.95. The summed E-state index contributed by atoms with van der Waals surface area (Å²) in [5.74, 6) is 0. The largest absolute Gasteiger partial charge is 0.438 e. The Hall–Kier alpha value is -3.02. The molecule has 0 spiro atoms. The van der Waals surface area contributed by atoms with Crippen LogP contribution in [-0.2, 0) is 0 Å². The molecule has 2 aromatic carbocycles. The Morgan fingerprint density at radius 1 is 1.19 bits per heavy atom. The monoisotopic (exact) mass is 468 g/mol. The molecule has 1 aromatic heterocycles. The van der Waals surface area contributed by atoms with Crippen LogP contribution in [-0.4, -0.2) is 32.6 Å². The number of thiazole rings is 1. The Bertz CT molecular complexity index is 1180. The van der Waals surface area contributed by atoms with Crippen LogP contribution < -0.4 is 5.01 Å². The second-order valence-electron chi connectivity index (χ2n) is 6.68. The Labute approximate surface area is 182 Å². The molecule has 2 heterocycles. The van der Waals surface area contributed by atoms with Gasteiger partial charge in [0.2, 0.25) is 5.13 Å². The molecule has 1 unspecified atom stereocenters. The first-order valence-electron chi connectivity index (χ1n) is 8.71. The Kier molecular flexibility index (Phi) is 5.20. The summed E-state index contributed by atoms with van der Waals surface area (Å²) in [5, 5.41) is 27.8. The van der Waals surface area contributed by atoms with E-state index < -0.39 is 23.2 Å². The van der Waals surface area contributed by atoms with Crippen LogP contribution in [0.4, 0.5) is 24.0 Å². The fourth-order valence-electron chi connectivity index (χ4n) is 3.04. The van der Waals surface area contributed by atoms with Gasteiger partial charge >= 0.3 is 6.18 Å². The Balaban J connectivity index is 1.76. The number of aromatic nitrogens is 1. The zero-order valence-corrected chi connectivity index (χ0v) is 16.9. The summed E-state index contributed by atoms with van der Waals surface area (Å²) >= 11 is 6.73. The van der Waals surface area contributed by atoms with Gasteiger partial charge in [-0.15, -0.1) is 11.3 Å². The van der Waals surface area contributed by atoms with Crippen molar-refractivity contribution >= 4 is 39.5 Å². The average molecular weight is 469 g/mol. The van der Waals surface area contributed by atoms with E-state index in [0.717, 1.165) is 17.4 Å². The molecule has 4 rings (SSSR count). The zero-order valence-electron chi connectivity index (χ0n) is 15.4. The maximum absolute atomic E-state index is 13.8. The highest BCUT2D eigenvalue weighted by molar-refractivity contribution is 7.14. The van der Waals surface area contributed by atoms with Crippen LogP contribution in [0.1, 0.15) is 12.0 Å². The van der Waals surface area contributed by atoms with E-state index in [4.69, 9.17) is 11.6 Å². The summed E-state index contributed by atoms with van der Waals surface area (Å²) in [4.78, 5) is 14.5. The van der Waals surface area contributed by atoms with Gasteiger partial charge in [-0.2, -0.15) is 23.3 Å². The molecule has 1 aliphatic rings. The standard InChI is InChI=1S/C19H12ClF3N4O3S/c20-13-6-4-11(5-7-13)16-10-31-17(24-16)26-18(28,19(21,22)23)9-15(25-26)12-2-1-3-14(8-12)27(29)30/h1-8,10,28H,9H2. The number of hydrogen-bond donors (Lipinski definition) is 1. The van der Waals surface area contributed by atoms with Crippen molar-refractivity contribution in [1.82, 2.24) is 4.98 Å². The first kappa shape index (κ1) is 21.2. The van der Waals surface area contributed by atoms with Crippen molar-refractivity contribution < 1.29 is 23.2 Å². The predicted octanol–water partition coefficient (Wildman–Crippen LogP) is 5.24. The van der Waals surface area contributed by atoms with Crippen molar-refractivity contribution in [1.29, 1.82) is 0 Å². The highest BCUT2D eigenvalue weighted by Gasteiger charge is 2.62. The molecule has 0 saturated carbocycles. The normalized spacial score (nSPS) is 18.9. The maximum atomic E-state index is 13.8. The third-order valence-electron chi connectivity index (χ3n) is 4.64. The highest BCUT2D eigenvalue weighted by Crippen LogP contribution is 2.45. The first-order chi connectivity index (χ1) is 14.6. The summed E-state index contributed by atoms with van der Waals surface area (Å²) in [6.07, 6.45) is -5.97. The minimum Gasteiger partial charge on any atom is -0.362 e. The molecule has 0 aliphatic carbocycles. The molecule has 0 saturated heterocycles. The molecular weight excluding hydrogens is 457 g/mol. The van der Waals surface area contributed by atoms with Gasteiger partial charge in [-0.05, 0) is 12.1 Å². The minimum atomic E-state index is -5.06. The van der Waals surface area contributed by atoms with Gasteiger partial charge in [0.25, 0.3) is 11.4 Å². The number of benzene rings is 2. The number of hydrogen-bond acceptors (Lipinski definition) is 7. The van der Waals surface area contributed by atoms with E-state index in [9.17, 15) is 28.4 Å². The molecule has 0 fully saturated rings. The van der Waals surface area contributed by atoms with E-state index in [1.807, 2.05) is 0 Å². The van der Waals surface area contributed by atoms with Crippen LogP contribution in [0.25, 0.3) is 11.3 Å². The number of halogens is 4. The average Bonchev–Trinajstić information content (AvgIpc) is 3.33. The first-order valence-corrected chi connectivity index (χ1v) is 9.97. The number of rotatable bonds is 4. The van der Waals surface area contributed by atoms with Gasteiger partial charge in [0.15, 0.2) is 0 Å². The number of non-ortho nitro benzene ring substituents is 1. The van der Waals surface area contributed by atoms with Crippen molar-refractivity contribution in [3.63, 3.8) is 0 Å². The number of aliphatic hydroxyl groups is 1. The zero-order chi connectivity index (χ0) is 22.4. The van der Waals surface area contributed by atoms with Gasteiger partial charge in [0.05, 0.1) is 22.7 Å². The quantitative estimate of drug-likeness (QED) is 0.418. The highest BCUT2D eigenvalue weighted by atomic mass is 35.5. The fourth-order valence-corrected chi connectivity index (χ4v) is 4.02. The van der Waals surface area contributed by atoms with E-state index in [1.54, 1.807) is 24.3 Å². The molecule has 160 valence electrons. The van der Waals surface area contributed by atoms with Crippen LogP contribution in [0.3, 0.4) is 0 Å². The molecule has 3 aromatic rings. The van der Waals surface area contributed by atoms with E-state index in [0.29, 0.717) is 21.3 Å². The molecule has 7 nitrogen and oxygen atoms in total. The van der Waals surface area contributed by atoms with E-state index in [-0.39, 0.29) is 22.1 Å². The molecule has 31 heavy (non-hydrogen) atoms. The van der Waals surface area contributed by atoms with Crippen molar-refractivity contribution in [2.24, 2.45) is 5.10 Å². The summed E-state index contributed by atoms with van der Waals surface area (Å²) in [6.45, 7) is 0. The van der Waals surface area contributed by atoms with Crippen molar-refractivity contribution in [2.45, 2.75) is 18.3 Å². The summed E-state index contributed by atoms with van der Waals surface area (Å²) in [6, 6.07) is 11.6. The van der Waals surface area contributed by atoms with Gasteiger partial charge < -0.3 is 5.11 Å². The van der Waals surface area contributed by atoms with Crippen LogP contribution in [0.15, 0.2) is 59.0 Å². The summed E-state index contributed by atoms with van der Waals surface area (Å²) in [7, 11) is 0. The molecule has 0 amide bonds. The van der Waals surface area contributed by atoms with Crippen LogP contribution in [0, 0.1) is 10.1 Å². The second kappa shape index (κ2) is 7.59. The summed E-state index contributed by atoms with van der Waals surface area (Å²) in [5.41, 5.74) is -2.67. The number of nitro groups is 1. The van der Waals surface area contributed by atoms with Gasteiger partial charge in [0.1, 0.15) is 0 Å². The molecule has 0 bridgehead atoms. The van der Waals surface area contributed by atoms with Gasteiger partial charge in [-0.3, -0.25) is 10.1 Å². The third kappa shape index (κ3) is 3.87. The number of nitro benzene ring substituents is 1. The predicted molar refractivity (Wildman–Crippen MR) is 110 cm³/mol. The van der Waals surface area contributed by atoms with E-state index in [2.05, 4.69) is 10.1 Å². The lowest BCUT2D eigenvalue weighted by Gasteiger charge is -2.32. The maximum Gasteiger partial charge on any atom is 0.438 e. The minimum absolute atomic E-state index is 0.105. The van der Waals surface area contributed by atoms with Crippen LogP contribution >= 0.6 is 22.9 Å². The Morgan fingerprint density at radius 2 is 1.90 bits per heavy atom. The molecule has 0 radical (unpaired) electrons. The molecule has 1 atom stereocenters. The third-order valence-corrected chi connectivity index (χ3v) is 5.71. The number of hydrazone groups is 1. The SMILES string of the molecule is O=[N+]([O-])c1cccc(C2=NN(c3nc(-c4ccc(Cl)cc4)cs3)C(O)(C(F)(F)F)C2)c1. The summed E-state index contributed by atoms with van der Waals surface area (Å²) < 4.78 is 41.5. The topological polar surface area (TPSA) is 91.9 Å². The smallest absolute Gasteiger partial charge is 0.362 e. The molecule has 12 heteroatoms. The lowest BCUT2D eigenvalue weighted by molar-refractivity contribution is -0.384. The molecule has 1 N–H and O–H groups in total. The van der Waals surface area contributed by atoms with Crippen LogP contribution in [0.5, 0.6) is 0 Å². The Morgan fingerprint density at radius 3 is 2.55 bits per heavy atom. The van der Waals surface area contributed by atoms with Gasteiger partial charge in [-0.25, -0.2) is 4.98 Å². The molecular formula is C19H12ClF3N4O3S. The van der Waals surface area contributed by atoms with Crippen molar-refractivity contribution in [2.75, 3.05) is 5.01 Å². The van der Waals surface area contributed by atoms with Crippen LogP contribution in [0.2, 0.25) is 5.02 Å². The van der Waals surface area contributed by atoms with Gasteiger partial charge in [0, 0.05) is 33.7 Å². The lowest BCUT2D eigenvalue weighted by atomic mass is 10.0. The molecule has 1 aliphatic heterocycles. The van der Waals surface area contributed by atoms with Crippen molar-refractivity contribution in [3.8, 4) is 11.3 Å².